The van der Waals surface area contributed by atoms with Gasteiger partial charge in [-0.2, -0.15) is 9.97 Å². The van der Waals surface area contributed by atoms with Crippen molar-refractivity contribution in [2.75, 3.05) is 38.7 Å². The predicted molar refractivity (Wildman–Crippen MR) is 169 cm³/mol. The number of aromatic nitrogens is 3. The maximum atomic E-state index is 16.0. The fraction of sp³-hybridized carbons (Fsp3) is 0.412. The first-order valence-corrected chi connectivity index (χ1v) is 15.4. The van der Waals surface area contributed by atoms with Crippen LogP contribution in [-0.2, 0) is 4.79 Å². The molecule has 3 fully saturated rings. The maximum Gasteiger partial charge on any atom is 0.318 e. The van der Waals surface area contributed by atoms with E-state index in [1.165, 1.54) is 44.4 Å². The van der Waals surface area contributed by atoms with Gasteiger partial charge in [0, 0.05) is 49.4 Å². The van der Waals surface area contributed by atoms with Crippen LogP contribution in [0, 0.1) is 17.5 Å². The molecule has 12 heteroatoms. The molecule has 4 atom stereocenters. The van der Waals surface area contributed by atoms with Gasteiger partial charge in [0.2, 0.25) is 5.91 Å². The molecule has 0 N–H and O–H groups in total. The van der Waals surface area contributed by atoms with Crippen LogP contribution in [0.15, 0.2) is 49.2 Å². The number of benzene rings is 2. The van der Waals surface area contributed by atoms with E-state index >= 15 is 4.39 Å². The van der Waals surface area contributed by atoms with E-state index in [4.69, 9.17) is 4.74 Å². The van der Waals surface area contributed by atoms with Crippen molar-refractivity contribution >= 4 is 33.4 Å². The van der Waals surface area contributed by atoms with Crippen LogP contribution in [0.25, 0.3) is 32.9 Å². The number of methoxy groups -OCH3 is 1. The fourth-order valence-electron chi connectivity index (χ4n) is 7.13. The van der Waals surface area contributed by atoms with Crippen LogP contribution < -0.4 is 9.64 Å². The average Bonchev–Trinajstić information content (AvgIpc) is 3.76. The number of rotatable bonds is 5. The van der Waals surface area contributed by atoms with Gasteiger partial charge in [0.05, 0.1) is 18.5 Å². The summed E-state index contributed by atoms with van der Waals surface area (Å²) in [7, 11) is 3.18. The number of fused-ring (bicyclic) bond motifs is 3. The highest BCUT2D eigenvalue weighted by atomic mass is 19.2. The number of hydrogen-bond acceptors (Lipinski definition) is 7. The van der Waals surface area contributed by atoms with E-state index in [1.807, 2.05) is 11.8 Å². The zero-order chi connectivity index (χ0) is 32.7. The molecule has 3 aliphatic rings. The number of amides is 1. The summed E-state index contributed by atoms with van der Waals surface area (Å²) < 4.78 is 62.7. The summed E-state index contributed by atoms with van der Waals surface area (Å²) in [5.74, 6) is -2.72. The first-order valence-electron chi connectivity index (χ1n) is 15.4. The quantitative estimate of drug-likeness (QED) is 0.194. The van der Waals surface area contributed by atoms with Crippen molar-refractivity contribution in [1.29, 1.82) is 0 Å². The van der Waals surface area contributed by atoms with Crippen LogP contribution in [0.2, 0.25) is 0 Å². The van der Waals surface area contributed by atoms with Crippen LogP contribution in [0.4, 0.5) is 23.4 Å². The van der Waals surface area contributed by atoms with E-state index in [-0.39, 0.29) is 46.2 Å². The molecule has 7 rings (SSSR count). The van der Waals surface area contributed by atoms with Crippen LogP contribution >= 0.6 is 0 Å². The minimum absolute atomic E-state index is 0.0646. The molecule has 3 aliphatic heterocycles. The number of likely N-dealkylation sites (N-methyl/N-ethyl adjacent to an activating group) is 1. The SMILES string of the molecule is C=CC(=O)N1CC[C@@H](N(C)c2nc(OC)nc3c(F)c(-c4cccc5ccc(F)c(F)c45)ncc23)[C@H]1C.FC1CC2CCCN2C1. The molecular formula is C34H36F4N6O2. The second-order valence-electron chi connectivity index (χ2n) is 12.0. The van der Waals surface area contributed by atoms with Crippen LogP contribution in [-0.4, -0.2) is 88.7 Å². The van der Waals surface area contributed by atoms with E-state index < -0.39 is 23.6 Å². The summed E-state index contributed by atoms with van der Waals surface area (Å²) in [6, 6.07) is 7.45. The number of halogens is 4. The summed E-state index contributed by atoms with van der Waals surface area (Å²) in [5, 5.41) is 0.655. The number of nitrogens with zero attached hydrogens (tertiary/aromatic N) is 6. The molecule has 46 heavy (non-hydrogen) atoms. The van der Waals surface area contributed by atoms with Gasteiger partial charge in [-0.3, -0.25) is 14.7 Å². The predicted octanol–water partition coefficient (Wildman–Crippen LogP) is 6.08. The average molecular weight is 637 g/mol. The van der Waals surface area contributed by atoms with Gasteiger partial charge in [0.25, 0.3) is 0 Å². The second kappa shape index (κ2) is 12.8. The van der Waals surface area contributed by atoms with Gasteiger partial charge in [-0.15, -0.1) is 0 Å². The molecule has 5 heterocycles. The lowest BCUT2D eigenvalue weighted by Crippen LogP contribution is -2.43. The summed E-state index contributed by atoms with van der Waals surface area (Å²) >= 11 is 0. The number of carbonyl (C=O) groups excluding carboxylic acids is 1. The van der Waals surface area contributed by atoms with Gasteiger partial charge in [-0.05, 0) is 56.7 Å². The number of likely N-dealkylation sites (tertiary alicyclic amines) is 1. The van der Waals surface area contributed by atoms with E-state index in [2.05, 4.69) is 26.4 Å². The van der Waals surface area contributed by atoms with E-state index in [1.54, 1.807) is 24.1 Å². The molecule has 4 aromatic rings. The Morgan fingerprint density at radius 3 is 2.65 bits per heavy atom. The van der Waals surface area contributed by atoms with Crippen molar-refractivity contribution in [3.05, 3.63) is 66.6 Å². The maximum absolute atomic E-state index is 16.0. The van der Waals surface area contributed by atoms with Crippen LogP contribution in [0.5, 0.6) is 6.01 Å². The smallest absolute Gasteiger partial charge is 0.318 e. The Hall–Kier alpha value is -4.32. The minimum Gasteiger partial charge on any atom is -0.467 e. The molecule has 1 amide bonds. The van der Waals surface area contributed by atoms with Crippen molar-refractivity contribution < 1.29 is 27.1 Å². The number of pyridine rings is 1. The number of hydrogen-bond donors (Lipinski definition) is 0. The van der Waals surface area contributed by atoms with Gasteiger partial charge in [-0.1, -0.05) is 30.8 Å². The fourth-order valence-corrected chi connectivity index (χ4v) is 7.13. The van der Waals surface area contributed by atoms with Gasteiger partial charge < -0.3 is 14.5 Å². The van der Waals surface area contributed by atoms with Crippen LogP contribution in [0.1, 0.15) is 32.6 Å². The number of anilines is 1. The molecule has 0 aliphatic carbocycles. The van der Waals surface area contributed by atoms with E-state index in [0.717, 1.165) is 19.0 Å². The zero-order valence-electron chi connectivity index (χ0n) is 26.0. The number of alkyl halides is 1. The number of ether oxygens (including phenoxy) is 1. The monoisotopic (exact) mass is 636 g/mol. The van der Waals surface area contributed by atoms with Crippen molar-refractivity contribution in [3.8, 4) is 17.3 Å². The Kier molecular flexibility index (Phi) is 8.82. The van der Waals surface area contributed by atoms with Crippen molar-refractivity contribution in [2.24, 2.45) is 0 Å². The highest BCUT2D eigenvalue weighted by Crippen LogP contribution is 2.37. The summed E-state index contributed by atoms with van der Waals surface area (Å²) in [5.41, 5.74) is -0.143. The first kappa shape index (κ1) is 31.7. The Morgan fingerprint density at radius 1 is 1.11 bits per heavy atom. The molecule has 2 aromatic heterocycles. The molecule has 0 radical (unpaired) electrons. The van der Waals surface area contributed by atoms with Crippen molar-refractivity contribution in [3.63, 3.8) is 0 Å². The highest BCUT2D eigenvalue weighted by Gasteiger charge is 2.37. The molecule has 242 valence electrons. The Balaban J connectivity index is 0.000000352. The van der Waals surface area contributed by atoms with Crippen molar-refractivity contribution in [1.82, 2.24) is 24.8 Å². The largest absolute Gasteiger partial charge is 0.467 e. The van der Waals surface area contributed by atoms with Crippen LogP contribution in [0.3, 0.4) is 0 Å². The summed E-state index contributed by atoms with van der Waals surface area (Å²) in [4.78, 5) is 31.1. The third-order valence-electron chi connectivity index (χ3n) is 9.48. The summed E-state index contributed by atoms with van der Waals surface area (Å²) in [6.07, 6.45) is 6.18. The molecule has 0 saturated carbocycles. The number of carbonyl (C=O) groups is 1. The lowest BCUT2D eigenvalue weighted by Gasteiger charge is -2.31. The van der Waals surface area contributed by atoms with Gasteiger partial charge in [0.15, 0.2) is 17.5 Å². The molecule has 0 bridgehead atoms. The summed E-state index contributed by atoms with van der Waals surface area (Å²) in [6.45, 7) is 7.90. The lowest BCUT2D eigenvalue weighted by molar-refractivity contribution is -0.126. The molecule has 2 aromatic carbocycles. The third-order valence-corrected chi connectivity index (χ3v) is 9.48. The third kappa shape index (κ3) is 5.63. The molecule has 2 unspecified atom stereocenters. The molecule has 3 saturated heterocycles. The molecule has 8 nitrogen and oxygen atoms in total. The van der Waals surface area contributed by atoms with Gasteiger partial charge in [0.1, 0.15) is 23.2 Å². The standard InChI is InChI=1S/C27H24F3N5O2.C7H12FN/c1-5-20(36)35-12-11-19(14(35)2)34(3)26-17-13-31-24(23(30)25(17)32-27(33-26)37-4)16-8-6-7-15-9-10-18(28)22(29)21(15)16;8-6-4-7-2-1-3-9(7)5-6/h5-10,13-14,19H,1,11-12H2,2-4H3;6-7H,1-5H2/t14-,19-;/m1./s1. The molecule has 0 spiro atoms. The second-order valence-corrected chi connectivity index (χ2v) is 12.0. The highest BCUT2D eigenvalue weighted by molar-refractivity contribution is 5.99. The van der Waals surface area contributed by atoms with Gasteiger partial charge in [-0.25, -0.2) is 17.6 Å². The topological polar surface area (TPSA) is 74.7 Å². The van der Waals surface area contributed by atoms with Crippen molar-refractivity contribution in [2.45, 2.75) is 56.9 Å². The normalized spacial score (nSPS) is 22.5. The van der Waals surface area contributed by atoms with E-state index in [0.29, 0.717) is 42.1 Å². The van der Waals surface area contributed by atoms with Gasteiger partial charge >= 0.3 is 6.01 Å². The lowest BCUT2D eigenvalue weighted by atomic mass is 10.00. The molecular weight excluding hydrogens is 600 g/mol. The Labute approximate surface area is 264 Å². The first-order chi connectivity index (χ1) is 22.1. The Morgan fingerprint density at radius 2 is 1.91 bits per heavy atom. The van der Waals surface area contributed by atoms with E-state index in [9.17, 15) is 18.0 Å². The Bertz CT molecular complexity index is 1790. The zero-order valence-corrected chi connectivity index (χ0v) is 26.0. The minimum atomic E-state index is -1.08.